The normalized spacial score (nSPS) is 17.8. The number of anilines is 1. The van der Waals surface area contributed by atoms with Crippen LogP contribution in [0.3, 0.4) is 0 Å². The highest BCUT2D eigenvalue weighted by Gasteiger charge is 2.36. The highest BCUT2D eigenvalue weighted by molar-refractivity contribution is 5.46. The molecule has 0 aromatic carbocycles. The average Bonchev–Trinajstić information content (AvgIpc) is 2.42. The van der Waals surface area contributed by atoms with E-state index in [1.807, 2.05) is 7.05 Å². The molecule has 1 aromatic rings. The molecule has 118 valence electrons. The van der Waals surface area contributed by atoms with Gasteiger partial charge < -0.3 is 9.64 Å². The van der Waals surface area contributed by atoms with E-state index in [1.165, 1.54) is 13.3 Å². The Kier molecular flexibility index (Phi) is 4.89. The van der Waals surface area contributed by atoms with Gasteiger partial charge in [-0.2, -0.15) is 13.2 Å². The standard InChI is InChI=1S/C13H18F3N3O2/c1-19-5-3-10(4-6-19)21-12-11(13(14,15)16)7-9(8-17-12)18-20-2/h7-8,10,18H,3-6H2,1-2H3. The number of ether oxygens (including phenoxy) is 1. The first-order valence-electron chi connectivity index (χ1n) is 6.61. The number of likely N-dealkylation sites (tertiary alicyclic amines) is 1. The molecular formula is C13H18F3N3O2. The fourth-order valence-corrected chi connectivity index (χ4v) is 2.18. The highest BCUT2D eigenvalue weighted by atomic mass is 19.4. The molecule has 1 aliphatic heterocycles. The van der Waals surface area contributed by atoms with Crippen LogP contribution in [0.15, 0.2) is 12.3 Å². The van der Waals surface area contributed by atoms with E-state index < -0.39 is 11.7 Å². The predicted octanol–water partition coefficient (Wildman–Crippen LogP) is 2.55. The van der Waals surface area contributed by atoms with Gasteiger partial charge in [-0.05, 0) is 26.0 Å². The number of pyridine rings is 1. The molecule has 8 heteroatoms. The first-order valence-corrected chi connectivity index (χ1v) is 6.61. The molecular weight excluding hydrogens is 287 g/mol. The van der Waals surface area contributed by atoms with Crippen molar-refractivity contribution in [1.82, 2.24) is 9.88 Å². The van der Waals surface area contributed by atoms with Crippen LogP contribution in [-0.2, 0) is 11.0 Å². The molecule has 0 amide bonds. The number of hydrogen-bond donors (Lipinski definition) is 1. The molecule has 0 saturated carbocycles. The number of aromatic nitrogens is 1. The van der Waals surface area contributed by atoms with Crippen LogP contribution >= 0.6 is 0 Å². The minimum atomic E-state index is -4.53. The van der Waals surface area contributed by atoms with Crippen LogP contribution in [0.5, 0.6) is 5.88 Å². The Labute approximate surface area is 121 Å². The van der Waals surface area contributed by atoms with Crippen LogP contribution in [0.1, 0.15) is 18.4 Å². The van der Waals surface area contributed by atoms with Crippen molar-refractivity contribution >= 4 is 5.69 Å². The Morgan fingerprint density at radius 3 is 2.57 bits per heavy atom. The number of rotatable bonds is 4. The van der Waals surface area contributed by atoms with Crippen molar-refractivity contribution < 1.29 is 22.7 Å². The van der Waals surface area contributed by atoms with Gasteiger partial charge in [-0.3, -0.25) is 10.3 Å². The average molecular weight is 305 g/mol. The van der Waals surface area contributed by atoms with Gasteiger partial charge in [0, 0.05) is 13.1 Å². The topological polar surface area (TPSA) is 46.6 Å². The molecule has 2 heterocycles. The maximum Gasteiger partial charge on any atom is 0.421 e. The fraction of sp³-hybridized carbons (Fsp3) is 0.615. The van der Waals surface area contributed by atoms with Gasteiger partial charge in [0.05, 0.1) is 19.0 Å². The highest BCUT2D eigenvalue weighted by Crippen LogP contribution is 2.37. The number of hydrogen-bond acceptors (Lipinski definition) is 5. The summed E-state index contributed by atoms with van der Waals surface area (Å²) in [5.41, 5.74) is 1.56. The second kappa shape index (κ2) is 6.48. The van der Waals surface area contributed by atoms with Crippen LogP contribution in [0, 0.1) is 0 Å². The third-order valence-corrected chi connectivity index (χ3v) is 3.32. The van der Waals surface area contributed by atoms with Gasteiger partial charge in [0.25, 0.3) is 0 Å². The summed E-state index contributed by atoms with van der Waals surface area (Å²) in [7, 11) is 3.29. The van der Waals surface area contributed by atoms with Crippen LogP contribution in [0.4, 0.5) is 18.9 Å². The maximum atomic E-state index is 13.1. The van der Waals surface area contributed by atoms with Crippen molar-refractivity contribution in [2.24, 2.45) is 0 Å². The molecule has 1 saturated heterocycles. The van der Waals surface area contributed by atoms with Crippen molar-refractivity contribution in [3.63, 3.8) is 0 Å². The number of halogens is 3. The lowest BCUT2D eigenvalue weighted by molar-refractivity contribution is -0.139. The Bertz CT molecular complexity index is 474. The summed E-state index contributed by atoms with van der Waals surface area (Å²) >= 11 is 0. The van der Waals surface area contributed by atoms with Crippen LogP contribution in [0.2, 0.25) is 0 Å². The Morgan fingerprint density at radius 2 is 2.00 bits per heavy atom. The van der Waals surface area contributed by atoms with E-state index in [2.05, 4.69) is 20.2 Å². The molecule has 0 spiro atoms. The summed E-state index contributed by atoms with van der Waals surface area (Å²) in [6.45, 7) is 1.60. The predicted molar refractivity (Wildman–Crippen MR) is 71.0 cm³/mol. The lowest BCUT2D eigenvalue weighted by Crippen LogP contribution is -2.36. The molecule has 1 fully saturated rings. The van der Waals surface area contributed by atoms with Crippen molar-refractivity contribution in [2.45, 2.75) is 25.1 Å². The first-order chi connectivity index (χ1) is 9.90. The Hall–Kier alpha value is -1.54. The van der Waals surface area contributed by atoms with Gasteiger partial charge in [0.15, 0.2) is 0 Å². The third-order valence-electron chi connectivity index (χ3n) is 3.32. The first kappa shape index (κ1) is 15.8. The zero-order valence-corrected chi connectivity index (χ0v) is 11.9. The van der Waals surface area contributed by atoms with Gasteiger partial charge in [-0.15, -0.1) is 0 Å². The van der Waals surface area contributed by atoms with Gasteiger partial charge in [0.1, 0.15) is 11.7 Å². The third kappa shape index (κ3) is 4.21. The molecule has 5 nitrogen and oxygen atoms in total. The van der Waals surface area contributed by atoms with Crippen molar-refractivity contribution in [2.75, 3.05) is 32.7 Å². The van der Waals surface area contributed by atoms with E-state index in [9.17, 15) is 13.2 Å². The summed E-state index contributed by atoms with van der Waals surface area (Å²) in [5.74, 6) is -0.376. The monoisotopic (exact) mass is 305 g/mol. The minimum Gasteiger partial charge on any atom is -0.474 e. The molecule has 0 bridgehead atoms. The van der Waals surface area contributed by atoms with Crippen molar-refractivity contribution in [3.8, 4) is 5.88 Å². The van der Waals surface area contributed by atoms with Gasteiger partial charge in [0.2, 0.25) is 5.88 Å². The van der Waals surface area contributed by atoms with E-state index in [0.717, 1.165) is 19.2 Å². The Morgan fingerprint density at radius 1 is 1.33 bits per heavy atom. The number of nitrogens with zero attached hydrogens (tertiary/aromatic N) is 2. The van der Waals surface area contributed by atoms with Gasteiger partial charge in [-0.25, -0.2) is 4.98 Å². The summed E-state index contributed by atoms with van der Waals surface area (Å²) in [5, 5.41) is 0. The second-order valence-electron chi connectivity index (χ2n) is 5.00. The van der Waals surface area contributed by atoms with Crippen LogP contribution in [-0.4, -0.2) is 43.2 Å². The van der Waals surface area contributed by atoms with Gasteiger partial charge >= 0.3 is 6.18 Å². The number of piperidine rings is 1. The zero-order valence-electron chi connectivity index (χ0n) is 11.9. The lowest BCUT2D eigenvalue weighted by Gasteiger charge is -2.29. The van der Waals surface area contributed by atoms with Crippen molar-refractivity contribution in [3.05, 3.63) is 17.8 Å². The van der Waals surface area contributed by atoms with E-state index in [0.29, 0.717) is 12.8 Å². The van der Waals surface area contributed by atoms with E-state index in [-0.39, 0.29) is 17.7 Å². The summed E-state index contributed by atoms with van der Waals surface area (Å²) in [6, 6.07) is 0.931. The quantitative estimate of drug-likeness (QED) is 0.866. The smallest absolute Gasteiger partial charge is 0.421 e. The molecule has 1 N–H and O–H groups in total. The van der Waals surface area contributed by atoms with Gasteiger partial charge in [-0.1, -0.05) is 0 Å². The second-order valence-corrected chi connectivity index (χ2v) is 5.00. The molecule has 21 heavy (non-hydrogen) atoms. The number of alkyl halides is 3. The molecule has 0 atom stereocenters. The van der Waals surface area contributed by atoms with Crippen molar-refractivity contribution in [1.29, 1.82) is 0 Å². The summed E-state index contributed by atoms with van der Waals surface area (Å²) in [6.07, 6.45) is -2.14. The van der Waals surface area contributed by atoms with E-state index in [1.54, 1.807) is 0 Å². The molecule has 2 rings (SSSR count). The maximum absolute atomic E-state index is 13.1. The summed E-state index contributed by atoms with van der Waals surface area (Å²) in [4.78, 5) is 10.5. The largest absolute Gasteiger partial charge is 0.474 e. The minimum absolute atomic E-state index is 0.126. The SMILES string of the molecule is CONc1cnc(OC2CCN(C)CC2)c(C(F)(F)F)c1. The Balaban J connectivity index is 2.17. The zero-order chi connectivity index (χ0) is 15.5. The van der Waals surface area contributed by atoms with Crippen LogP contribution < -0.4 is 10.2 Å². The summed E-state index contributed by atoms with van der Waals surface area (Å²) < 4.78 is 44.7. The molecule has 0 unspecified atom stereocenters. The fourth-order valence-electron chi connectivity index (χ4n) is 2.18. The van der Waals surface area contributed by atoms with Crippen LogP contribution in [0.25, 0.3) is 0 Å². The molecule has 1 aromatic heterocycles. The molecule has 0 aliphatic carbocycles. The van der Waals surface area contributed by atoms with E-state index in [4.69, 9.17) is 4.74 Å². The number of nitrogens with one attached hydrogen (secondary N) is 1. The lowest BCUT2D eigenvalue weighted by atomic mass is 10.1. The molecule has 0 radical (unpaired) electrons. The van der Waals surface area contributed by atoms with E-state index >= 15 is 0 Å². The molecule has 1 aliphatic rings.